The summed E-state index contributed by atoms with van der Waals surface area (Å²) in [6.07, 6.45) is 3.50. The molecule has 1 saturated heterocycles. The van der Waals surface area contributed by atoms with Crippen molar-refractivity contribution in [1.29, 1.82) is 0 Å². The number of rotatable bonds is 3. The summed E-state index contributed by atoms with van der Waals surface area (Å²) in [6, 6.07) is 13.5. The van der Waals surface area contributed by atoms with Gasteiger partial charge in [-0.05, 0) is 18.6 Å². The summed E-state index contributed by atoms with van der Waals surface area (Å²) in [4.78, 5) is 46.3. The summed E-state index contributed by atoms with van der Waals surface area (Å²) in [5.41, 5.74) is 2.53. The van der Waals surface area contributed by atoms with Crippen LogP contribution in [0.5, 0.6) is 0 Å². The Morgan fingerprint density at radius 2 is 1.76 bits per heavy atom. The van der Waals surface area contributed by atoms with Crippen molar-refractivity contribution in [1.82, 2.24) is 19.9 Å². The Balaban J connectivity index is 1.36. The molecule has 1 atom stereocenters. The number of benzene rings is 1. The van der Waals surface area contributed by atoms with Crippen molar-refractivity contribution in [3.05, 3.63) is 60.4 Å². The highest BCUT2D eigenvalue weighted by atomic mass is 16.2. The molecule has 4 heterocycles. The quantitative estimate of drug-likeness (QED) is 0.575. The molecule has 1 fully saturated rings. The predicted octanol–water partition coefficient (Wildman–Crippen LogP) is 2.57. The molecule has 9 heteroatoms. The minimum Gasteiger partial charge on any atom is -0.353 e. The minimum atomic E-state index is -0.760. The fraction of sp³-hybridized carbons (Fsp3) is 0.292. The Bertz CT molecular complexity index is 1160. The van der Waals surface area contributed by atoms with Gasteiger partial charge >= 0.3 is 6.03 Å². The van der Waals surface area contributed by atoms with Crippen molar-refractivity contribution >= 4 is 29.6 Å². The van der Waals surface area contributed by atoms with Crippen LogP contribution in [0.3, 0.4) is 0 Å². The monoisotopic (exact) mass is 443 g/mol. The van der Waals surface area contributed by atoms with Crippen molar-refractivity contribution in [2.75, 3.05) is 47.9 Å². The number of fused-ring (bicyclic) bond motifs is 1. The normalized spacial score (nSPS) is 17.8. The van der Waals surface area contributed by atoms with Gasteiger partial charge in [0.15, 0.2) is 24.1 Å². The lowest BCUT2D eigenvalue weighted by atomic mass is 10.2. The van der Waals surface area contributed by atoms with Crippen LogP contribution >= 0.6 is 0 Å². The van der Waals surface area contributed by atoms with Crippen molar-refractivity contribution in [2.24, 2.45) is 0 Å². The highest BCUT2D eigenvalue weighted by molar-refractivity contribution is 6.03. The van der Waals surface area contributed by atoms with Gasteiger partial charge in [0.25, 0.3) is 0 Å². The Labute approximate surface area is 192 Å². The van der Waals surface area contributed by atoms with Crippen LogP contribution in [-0.2, 0) is 4.79 Å². The average molecular weight is 444 g/mol. The number of hydrogen-bond donors (Lipinski definition) is 0. The number of pyridine rings is 1. The standard InChI is InChI=1S/C24H25N7O2/c1-17-8-9-20(25-14-17)29-10-12-30(13-11-29)24(33)31-19-15-26-22(18-6-4-3-5-7-18)27-23(19)28(2)21(31)16-32/h3-9,14-16,21H,10-13H2,1-2H3. The fourth-order valence-electron chi connectivity index (χ4n) is 4.26. The smallest absolute Gasteiger partial charge is 0.326 e. The van der Waals surface area contributed by atoms with Gasteiger partial charge in [-0.3, -0.25) is 9.69 Å². The molecule has 0 radical (unpaired) electrons. The maximum absolute atomic E-state index is 13.5. The van der Waals surface area contributed by atoms with Crippen LogP contribution in [0.2, 0.25) is 0 Å². The van der Waals surface area contributed by atoms with Crippen molar-refractivity contribution in [2.45, 2.75) is 13.1 Å². The second-order valence-corrected chi connectivity index (χ2v) is 8.25. The highest BCUT2D eigenvalue weighted by Gasteiger charge is 2.41. The first kappa shape index (κ1) is 20.9. The fourth-order valence-corrected chi connectivity index (χ4v) is 4.26. The summed E-state index contributed by atoms with van der Waals surface area (Å²) in [5.74, 6) is 2.03. The summed E-state index contributed by atoms with van der Waals surface area (Å²) >= 11 is 0. The molecule has 5 rings (SSSR count). The molecule has 1 unspecified atom stereocenters. The maximum atomic E-state index is 13.5. The van der Waals surface area contributed by atoms with Crippen molar-refractivity contribution < 1.29 is 9.59 Å². The van der Waals surface area contributed by atoms with Crippen LogP contribution in [0.25, 0.3) is 11.4 Å². The first-order chi connectivity index (χ1) is 16.1. The van der Waals surface area contributed by atoms with Gasteiger partial charge in [-0.2, -0.15) is 0 Å². The number of likely N-dealkylation sites (N-methyl/N-ethyl adjacent to an activating group) is 1. The molecule has 2 aliphatic rings. The highest BCUT2D eigenvalue weighted by Crippen LogP contribution is 2.38. The molecule has 0 bridgehead atoms. The molecule has 0 aliphatic carbocycles. The van der Waals surface area contributed by atoms with Gasteiger partial charge in [-0.1, -0.05) is 36.4 Å². The third kappa shape index (κ3) is 3.75. The molecule has 9 nitrogen and oxygen atoms in total. The van der Waals surface area contributed by atoms with E-state index in [2.05, 4.69) is 19.9 Å². The van der Waals surface area contributed by atoms with E-state index in [0.29, 0.717) is 43.5 Å². The maximum Gasteiger partial charge on any atom is 0.326 e. The molecule has 0 N–H and O–H groups in total. The van der Waals surface area contributed by atoms with E-state index >= 15 is 0 Å². The topological polar surface area (TPSA) is 85.8 Å². The Morgan fingerprint density at radius 3 is 2.42 bits per heavy atom. The largest absolute Gasteiger partial charge is 0.353 e. The summed E-state index contributed by atoms with van der Waals surface area (Å²) in [5, 5.41) is 0. The first-order valence-electron chi connectivity index (χ1n) is 10.9. The second kappa shape index (κ2) is 8.50. The van der Waals surface area contributed by atoms with E-state index in [9.17, 15) is 9.59 Å². The number of aryl methyl sites for hydroxylation is 1. The summed E-state index contributed by atoms with van der Waals surface area (Å²) < 4.78 is 0. The molecule has 2 amide bonds. The van der Waals surface area contributed by atoms with Crippen LogP contribution in [0.4, 0.5) is 22.1 Å². The average Bonchev–Trinajstić information content (AvgIpc) is 3.15. The van der Waals surface area contributed by atoms with E-state index in [1.807, 2.05) is 55.6 Å². The molecule has 0 spiro atoms. The molecule has 3 aromatic rings. The molecule has 33 heavy (non-hydrogen) atoms. The zero-order chi connectivity index (χ0) is 22.9. The number of nitrogens with zero attached hydrogens (tertiary/aromatic N) is 7. The van der Waals surface area contributed by atoms with Gasteiger partial charge in [0.1, 0.15) is 11.5 Å². The zero-order valence-electron chi connectivity index (χ0n) is 18.6. The van der Waals surface area contributed by atoms with E-state index in [1.165, 1.54) is 4.90 Å². The van der Waals surface area contributed by atoms with Crippen LogP contribution in [0.1, 0.15) is 5.56 Å². The first-order valence-corrected chi connectivity index (χ1v) is 10.9. The second-order valence-electron chi connectivity index (χ2n) is 8.25. The molecular weight excluding hydrogens is 418 g/mol. The van der Waals surface area contributed by atoms with Crippen molar-refractivity contribution in [3.8, 4) is 11.4 Å². The molecule has 1 aromatic carbocycles. The Morgan fingerprint density at radius 1 is 1.00 bits per heavy atom. The number of aromatic nitrogens is 3. The minimum absolute atomic E-state index is 0.217. The molecule has 0 saturated carbocycles. The summed E-state index contributed by atoms with van der Waals surface area (Å²) in [6.45, 7) is 4.44. The van der Waals surface area contributed by atoms with E-state index < -0.39 is 6.17 Å². The van der Waals surface area contributed by atoms with Gasteiger partial charge < -0.3 is 14.7 Å². The number of carbonyl (C=O) groups is 2. The third-order valence-corrected chi connectivity index (χ3v) is 6.13. The number of anilines is 3. The molecular formula is C24H25N7O2. The van der Waals surface area contributed by atoms with Gasteiger partial charge in [-0.15, -0.1) is 0 Å². The Hall–Kier alpha value is -4.01. The van der Waals surface area contributed by atoms with Gasteiger partial charge in [-0.25, -0.2) is 19.7 Å². The van der Waals surface area contributed by atoms with E-state index in [4.69, 9.17) is 0 Å². The number of carbonyl (C=O) groups excluding carboxylic acids is 2. The lowest BCUT2D eigenvalue weighted by Gasteiger charge is -2.38. The van der Waals surface area contributed by atoms with Crippen LogP contribution < -0.4 is 14.7 Å². The van der Waals surface area contributed by atoms with Gasteiger partial charge in [0.2, 0.25) is 0 Å². The lowest BCUT2D eigenvalue weighted by Crippen LogP contribution is -2.56. The SMILES string of the molecule is Cc1ccc(N2CCN(C(=O)N3c4cnc(-c5ccccc5)nc4N(C)C3C=O)CC2)nc1. The Kier molecular flexibility index (Phi) is 5.37. The van der Waals surface area contributed by atoms with Crippen LogP contribution in [0.15, 0.2) is 54.9 Å². The third-order valence-electron chi connectivity index (χ3n) is 6.13. The molecule has 2 aromatic heterocycles. The zero-order valence-corrected chi connectivity index (χ0v) is 18.6. The van der Waals surface area contributed by atoms with E-state index in [0.717, 1.165) is 23.2 Å². The number of hydrogen-bond acceptors (Lipinski definition) is 7. The van der Waals surface area contributed by atoms with E-state index in [-0.39, 0.29) is 6.03 Å². The van der Waals surface area contributed by atoms with Crippen LogP contribution in [-0.4, -0.2) is 71.6 Å². The number of amides is 2. The summed E-state index contributed by atoms with van der Waals surface area (Å²) in [7, 11) is 1.77. The van der Waals surface area contributed by atoms with Crippen LogP contribution in [0, 0.1) is 6.92 Å². The molecule has 2 aliphatic heterocycles. The van der Waals surface area contributed by atoms with E-state index in [1.54, 1.807) is 23.0 Å². The molecule has 168 valence electrons. The lowest BCUT2D eigenvalue weighted by molar-refractivity contribution is -0.108. The number of piperazine rings is 1. The van der Waals surface area contributed by atoms with Gasteiger partial charge in [0.05, 0.1) is 6.20 Å². The number of urea groups is 1. The van der Waals surface area contributed by atoms with Crippen molar-refractivity contribution in [3.63, 3.8) is 0 Å². The predicted molar refractivity (Wildman–Crippen MR) is 126 cm³/mol. The number of aldehydes is 1. The van der Waals surface area contributed by atoms with Gasteiger partial charge in [0, 0.05) is 45.0 Å².